The monoisotopic (exact) mass is 412 g/mol. The van der Waals surface area contributed by atoms with Gasteiger partial charge < -0.3 is 15.5 Å². The molecule has 0 fully saturated rings. The van der Waals surface area contributed by atoms with E-state index >= 15 is 0 Å². The van der Waals surface area contributed by atoms with Crippen LogP contribution in [0.2, 0.25) is 0 Å². The second-order valence-electron chi connectivity index (χ2n) is 6.63. The van der Waals surface area contributed by atoms with E-state index in [9.17, 15) is 27.2 Å². The van der Waals surface area contributed by atoms with Crippen molar-refractivity contribution in [1.29, 1.82) is 0 Å². The van der Waals surface area contributed by atoms with E-state index in [0.717, 1.165) is 11.6 Å². The third-order valence-electron chi connectivity index (χ3n) is 4.08. The van der Waals surface area contributed by atoms with Crippen LogP contribution in [0.25, 0.3) is 0 Å². The highest BCUT2D eigenvalue weighted by atomic mass is 19.4. The molecule has 0 radical (unpaired) electrons. The lowest BCUT2D eigenvalue weighted by atomic mass is 10.1. The van der Waals surface area contributed by atoms with E-state index in [1.54, 1.807) is 19.2 Å². The van der Waals surface area contributed by atoms with Crippen LogP contribution in [0.4, 0.5) is 23.2 Å². The third-order valence-corrected chi connectivity index (χ3v) is 4.08. The van der Waals surface area contributed by atoms with Crippen LogP contribution < -0.4 is 15.5 Å². The SMILES string of the molecule is C[NH+](CC(=O)NCCc1ccc(F)cc1)CC(=O)Nc1ccccc1C(F)(F)F. The molecule has 2 rings (SSSR count). The Bertz CT molecular complexity index is 838. The van der Waals surface area contributed by atoms with Crippen LogP contribution in [0.15, 0.2) is 48.5 Å². The number of anilines is 1. The fourth-order valence-corrected chi connectivity index (χ4v) is 2.70. The summed E-state index contributed by atoms with van der Waals surface area (Å²) < 4.78 is 51.7. The number of halogens is 4. The van der Waals surface area contributed by atoms with Crippen LogP contribution in [0.5, 0.6) is 0 Å². The van der Waals surface area contributed by atoms with Crippen molar-refractivity contribution in [2.24, 2.45) is 0 Å². The van der Waals surface area contributed by atoms with Gasteiger partial charge in [-0.1, -0.05) is 24.3 Å². The number of alkyl halides is 3. The summed E-state index contributed by atoms with van der Waals surface area (Å²) in [5.41, 5.74) is -0.374. The Morgan fingerprint density at radius 1 is 0.966 bits per heavy atom. The van der Waals surface area contributed by atoms with Gasteiger partial charge >= 0.3 is 6.18 Å². The van der Waals surface area contributed by atoms with Crippen molar-refractivity contribution in [3.05, 3.63) is 65.5 Å². The first kappa shape index (κ1) is 22.4. The summed E-state index contributed by atoms with van der Waals surface area (Å²) in [5.74, 6) is -1.26. The lowest BCUT2D eigenvalue weighted by molar-refractivity contribution is -0.862. The number of quaternary nitrogens is 1. The number of hydrogen-bond donors (Lipinski definition) is 3. The average Bonchev–Trinajstić information content (AvgIpc) is 2.62. The van der Waals surface area contributed by atoms with Crippen molar-refractivity contribution in [3.63, 3.8) is 0 Å². The Morgan fingerprint density at radius 2 is 1.59 bits per heavy atom. The molecule has 2 aromatic rings. The second-order valence-corrected chi connectivity index (χ2v) is 6.63. The number of benzene rings is 2. The summed E-state index contributed by atoms with van der Waals surface area (Å²) >= 11 is 0. The molecular weight excluding hydrogens is 390 g/mol. The maximum atomic E-state index is 13.0. The van der Waals surface area contributed by atoms with Crippen molar-refractivity contribution in [2.45, 2.75) is 12.6 Å². The van der Waals surface area contributed by atoms with Gasteiger partial charge in [-0.2, -0.15) is 13.2 Å². The molecule has 0 aliphatic heterocycles. The number of hydrogen-bond acceptors (Lipinski definition) is 2. The van der Waals surface area contributed by atoms with Gasteiger partial charge in [-0.15, -0.1) is 0 Å². The number of carbonyl (C=O) groups is 2. The normalized spacial score (nSPS) is 12.3. The Kier molecular flexibility index (Phi) is 7.72. The van der Waals surface area contributed by atoms with Crippen LogP contribution in [-0.2, 0) is 22.2 Å². The van der Waals surface area contributed by atoms with E-state index in [2.05, 4.69) is 10.6 Å². The van der Waals surface area contributed by atoms with Crippen LogP contribution in [-0.4, -0.2) is 38.5 Å². The minimum atomic E-state index is -4.58. The van der Waals surface area contributed by atoms with Gasteiger partial charge in [0.2, 0.25) is 0 Å². The van der Waals surface area contributed by atoms with Crippen LogP contribution in [0.3, 0.4) is 0 Å². The zero-order chi connectivity index (χ0) is 21.4. The molecule has 156 valence electrons. The summed E-state index contributed by atoms with van der Waals surface area (Å²) in [7, 11) is 1.59. The highest BCUT2D eigenvalue weighted by molar-refractivity contribution is 5.92. The summed E-state index contributed by atoms with van der Waals surface area (Å²) in [6.07, 6.45) is -4.05. The molecule has 3 N–H and O–H groups in total. The highest BCUT2D eigenvalue weighted by Crippen LogP contribution is 2.34. The number of rotatable bonds is 8. The molecule has 5 nitrogen and oxygen atoms in total. The van der Waals surface area contributed by atoms with Gasteiger partial charge in [0.1, 0.15) is 5.82 Å². The van der Waals surface area contributed by atoms with Gasteiger partial charge in [0, 0.05) is 6.54 Å². The average molecular weight is 412 g/mol. The summed E-state index contributed by atoms with van der Waals surface area (Å²) in [5, 5.41) is 4.94. The molecule has 0 spiro atoms. The zero-order valence-corrected chi connectivity index (χ0v) is 15.8. The third kappa shape index (κ3) is 7.53. The molecule has 0 aromatic heterocycles. The van der Waals surface area contributed by atoms with E-state index in [1.165, 1.54) is 30.3 Å². The maximum Gasteiger partial charge on any atom is 0.418 e. The van der Waals surface area contributed by atoms with Crippen molar-refractivity contribution in [1.82, 2.24) is 5.32 Å². The standard InChI is InChI=1S/C20H21F4N3O2/c1-27(12-18(28)25-11-10-14-6-8-15(21)9-7-14)13-19(29)26-17-5-3-2-4-16(17)20(22,23)24/h2-9H,10-13H2,1H3,(H,25,28)(H,26,29)/p+1. The number of nitrogens with one attached hydrogen (secondary N) is 3. The van der Waals surface area contributed by atoms with Gasteiger partial charge in [0.25, 0.3) is 11.8 Å². The van der Waals surface area contributed by atoms with Crippen molar-refractivity contribution in [3.8, 4) is 0 Å². The number of para-hydroxylation sites is 1. The van der Waals surface area contributed by atoms with Crippen LogP contribution >= 0.6 is 0 Å². The van der Waals surface area contributed by atoms with Gasteiger partial charge in [-0.05, 0) is 36.2 Å². The van der Waals surface area contributed by atoms with Crippen LogP contribution in [0, 0.1) is 5.82 Å². The molecule has 0 saturated carbocycles. The molecule has 2 aromatic carbocycles. The molecule has 1 unspecified atom stereocenters. The number of amides is 2. The quantitative estimate of drug-likeness (QED) is 0.578. The maximum absolute atomic E-state index is 13.0. The molecule has 0 aliphatic rings. The first-order valence-electron chi connectivity index (χ1n) is 8.93. The Hall–Kier alpha value is -2.94. The predicted molar refractivity (Wildman–Crippen MR) is 99.8 cm³/mol. The minimum absolute atomic E-state index is 0.0161. The van der Waals surface area contributed by atoms with E-state index in [-0.39, 0.29) is 30.5 Å². The van der Waals surface area contributed by atoms with Crippen molar-refractivity contribution in [2.75, 3.05) is 32.0 Å². The van der Waals surface area contributed by atoms with Crippen molar-refractivity contribution >= 4 is 17.5 Å². The second kappa shape index (κ2) is 10.0. The predicted octanol–water partition coefficient (Wildman–Crippen LogP) is 1.66. The Balaban J connectivity index is 1.77. The number of carbonyl (C=O) groups excluding carboxylic acids is 2. The van der Waals surface area contributed by atoms with Gasteiger partial charge in [0.05, 0.1) is 18.3 Å². The fraction of sp³-hybridized carbons (Fsp3) is 0.300. The van der Waals surface area contributed by atoms with Crippen molar-refractivity contribution < 1.29 is 32.1 Å². The molecule has 0 saturated heterocycles. The molecule has 0 heterocycles. The smallest absolute Gasteiger partial charge is 0.351 e. The van der Waals surface area contributed by atoms with E-state index in [0.29, 0.717) is 17.9 Å². The van der Waals surface area contributed by atoms with E-state index in [1.807, 2.05) is 0 Å². The fourth-order valence-electron chi connectivity index (χ4n) is 2.70. The zero-order valence-electron chi connectivity index (χ0n) is 15.8. The topological polar surface area (TPSA) is 62.6 Å². The first-order chi connectivity index (χ1) is 13.6. The molecule has 1 atom stereocenters. The Morgan fingerprint density at radius 3 is 2.24 bits per heavy atom. The summed E-state index contributed by atoms with van der Waals surface area (Å²) in [6, 6.07) is 10.6. The van der Waals surface area contributed by atoms with Gasteiger partial charge in [-0.25, -0.2) is 4.39 Å². The summed E-state index contributed by atoms with van der Waals surface area (Å²) in [4.78, 5) is 24.5. The lowest BCUT2D eigenvalue weighted by Crippen LogP contribution is -3.11. The van der Waals surface area contributed by atoms with E-state index < -0.39 is 17.6 Å². The molecule has 29 heavy (non-hydrogen) atoms. The molecule has 0 aliphatic carbocycles. The first-order valence-corrected chi connectivity index (χ1v) is 8.93. The molecule has 9 heteroatoms. The van der Waals surface area contributed by atoms with Gasteiger partial charge in [0.15, 0.2) is 13.1 Å². The van der Waals surface area contributed by atoms with E-state index in [4.69, 9.17) is 0 Å². The minimum Gasteiger partial charge on any atom is -0.351 e. The van der Waals surface area contributed by atoms with Gasteiger partial charge in [-0.3, -0.25) is 9.59 Å². The molecular formula is C20H22F4N3O2+. The molecule has 2 amide bonds. The molecule has 0 bridgehead atoms. The summed E-state index contributed by atoms with van der Waals surface area (Å²) in [6.45, 7) is 0.165. The van der Waals surface area contributed by atoms with Crippen LogP contribution in [0.1, 0.15) is 11.1 Å². The highest BCUT2D eigenvalue weighted by Gasteiger charge is 2.33. The number of likely N-dealkylation sites (N-methyl/N-ethyl adjacent to an activating group) is 1. The Labute approximate surface area is 165 Å². The largest absolute Gasteiger partial charge is 0.418 e. The lowest BCUT2D eigenvalue weighted by Gasteiger charge is -2.16.